The number of esters is 1. The van der Waals surface area contributed by atoms with E-state index in [-0.39, 0.29) is 30.9 Å². The van der Waals surface area contributed by atoms with E-state index in [1.165, 1.54) is 11.8 Å². The van der Waals surface area contributed by atoms with Gasteiger partial charge in [-0.05, 0) is 24.6 Å². The summed E-state index contributed by atoms with van der Waals surface area (Å²) in [7, 11) is 1.31. The van der Waals surface area contributed by atoms with Gasteiger partial charge in [-0.25, -0.2) is 4.68 Å². The molecule has 0 aliphatic rings. The number of benzene rings is 2. The first-order chi connectivity index (χ1) is 14.0. The number of hydrogen-bond acceptors (Lipinski definition) is 6. The molecule has 1 amide bonds. The quantitative estimate of drug-likeness (QED) is 0.614. The Kier molecular flexibility index (Phi) is 6.33. The minimum atomic E-state index is -0.519. The highest BCUT2D eigenvalue weighted by atomic mass is 16.5. The molecule has 8 nitrogen and oxygen atoms in total. The van der Waals surface area contributed by atoms with Crippen molar-refractivity contribution in [1.82, 2.24) is 20.3 Å². The number of rotatable bonds is 7. The molecule has 0 radical (unpaired) electrons. The van der Waals surface area contributed by atoms with Gasteiger partial charge in [-0.3, -0.25) is 14.4 Å². The van der Waals surface area contributed by atoms with Gasteiger partial charge in [0.15, 0.2) is 0 Å². The van der Waals surface area contributed by atoms with Gasteiger partial charge in [0.2, 0.25) is 5.91 Å². The molecule has 3 aromatic rings. The lowest BCUT2D eigenvalue weighted by molar-refractivity contribution is -0.141. The first-order valence-electron chi connectivity index (χ1n) is 9.23. The number of nitrogens with one attached hydrogen (secondary N) is 1. The van der Waals surface area contributed by atoms with Gasteiger partial charge < -0.3 is 10.1 Å². The maximum absolute atomic E-state index is 12.5. The number of nitrogens with zero attached hydrogens (tertiary/aromatic N) is 3. The second-order valence-electron chi connectivity index (χ2n) is 6.70. The lowest BCUT2D eigenvalue weighted by atomic mass is 10.0. The van der Waals surface area contributed by atoms with Gasteiger partial charge in [0.1, 0.15) is 5.52 Å². The molecular formula is C21H22N4O4. The van der Waals surface area contributed by atoms with Crippen molar-refractivity contribution in [2.24, 2.45) is 0 Å². The van der Waals surface area contributed by atoms with Crippen molar-refractivity contribution in [2.75, 3.05) is 7.11 Å². The average Bonchev–Trinajstić information content (AvgIpc) is 2.73. The van der Waals surface area contributed by atoms with Crippen molar-refractivity contribution in [2.45, 2.75) is 32.4 Å². The topological polar surface area (TPSA) is 103 Å². The summed E-state index contributed by atoms with van der Waals surface area (Å²) < 4.78 is 5.91. The van der Waals surface area contributed by atoms with Crippen LogP contribution in [0, 0.1) is 6.92 Å². The molecule has 0 spiro atoms. The number of carbonyl (C=O) groups excluding carboxylic acids is 2. The molecule has 0 saturated heterocycles. The van der Waals surface area contributed by atoms with Crippen LogP contribution >= 0.6 is 0 Å². The van der Waals surface area contributed by atoms with Crippen molar-refractivity contribution in [3.05, 3.63) is 70.0 Å². The van der Waals surface area contributed by atoms with E-state index >= 15 is 0 Å². The number of amides is 1. The van der Waals surface area contributed by atoms with Crippen LogP contribution < -0.4 is 10.9 Å². The smallest absolute Gasteiger partial charge is 0.307 e. The summed E-state index contributed by atoms with van der Waals surface area (Å²) in [6.45, 7) is 2.04. The van der Waals surface area contributed by atoms with Gasteiger partial charge in [-0.2, -0.15) is 0 Å². The number of aryl methyl sites for hydroxylation is 2. The first-order valence-corrected chi connectivity index (χ1v) is 9.23. The normalized spacial score (nSPS) is 11.8. The molecule has 0 aliphatic heterocycles. The number of aromatic nitrogens is 3. The number of fused-ring (bicyclic) bond motifs is 1. The van der Waals surface area contributed by atoms with Crippen molar-refractivity contribution >= 4 is 22.8 Å². The summed E-state index contributed by atoms with van der Waals surface area (Å²) in [6.07, 6.45) is 0.0392. The fraction of sp³-hybridized carbons (Fsp3) is 0.286. The highest BCUT2D eigenvalue weighted by Gasteiger charge is 2.19. The van der Waals surface area contributed by atoms with Crippen LogP contribution in [0.25, 0.3) is 10.9 Å². The third-order valence-electron chi connectivity index (χ3n) is 4.59. The standard InChI is InChI=1S/C21H22N4O4/c1-14-7-9-15(10-8-14)18(13-20(27)29-2)22-19(26)11-12-25-21(28)16-5-3-4-6-17(16)23-24-25/h3-10,18H,11-13H2,1-2H3,(H,22,26)/t18-/m1/s1. The minimum absolute atomic E-state index is 0.0149. The first kappa shape index (κ1) is 20.2. The zero-order chi connectivity index (χ0) is 20.8. The number of ether oxygens (including phenoxy) is 1. The van der Waals surface area contributed by atoms with E-state index in [1.807, 2.05) is 31.2 Å². The van der Waals surface area contributed by atoms with Crippen LogP contribution in [0.1, 0.15) is 30.0 Å². The molecule has 1 heterocycles. The molecule has 0 saturated carbocycles. The Balaban J connectivity index is 1.70. The van der Waals surface area contributed by atoms with E-state index in [4.69, 9.17) is 4.74 Å². The van der Waals surface area contributed by atoms with Gasteiger partial charge in [-0.15, -0.1) is 5.10 Å². The molecule has 0 unspecified atom stereocenters. The third kappa shape index (κ3) is 5.04. The molecule has 0 bridgehead atoms. The number of carbonyl (C=O) groups is 2. The molecular weight excluding hydrogens is 372 g/mol. The molecule has 3 rings (SSSR count). The van der Waals surface area contributed by atoms with E-state index in [0.29, 0.717) is 10.9 Å². The fourth-order valence-corrected chi connectivity index (χ4v) is 2.94. The molecule has 29 heavy (non-hydrogen) atoms. The van der Waals surface area contributed by atoms with Gasteiger partial charge in [0.25, 0.3) is 5.56 Å². The molecule has 1 aromatic heterocycles. The molecule has 0 aliphatic carbocycles. The Morgan fingerprint density at radius 1 is 1.14 bits per heavy atom. The predicted molar refractivity (Wildman–Crippen MR) is 107 cm³/mol. The van der Waals surface area contributed by atoms with Crippen LogP contribution in [0.5, 0.6) is 0 Å². The second kappa shape index (κ2) is 9.09. The maximum atomic E-state index is 12.5. The summed E-state index contributed by atoms with van der Waals surface area (Å²) in [4.78, 5) is 36.7. The Bertz CT molecular complexity index is 1080. The third-order valence-corrected chi connectivity index (χ3v) is 4.59. The Hall–Kier alpha value is -3.55. The Labute approximate surface area is 167 Å². The summed E-state index contributed by atoms with van der Waals surface area (Å²) in [5.41, 5.74) is 2.09. The SMILES string of the molecule is COC(=O)C[C@@H](NC(=O)CCn1nnc2ccccc2c1=O)c1ccc(C)cc1. The lowest BCUT2D eigenvalue weighted by Gasteiger charge is -2.18. The van der Waals surface area contributed by atoms with E-state index in [2.05, 4.69) is 15.6 Å². The molecule has 150 valence electrons. The largest absolute Gasteiger partial charge is 0.469 e. The molecule has 8 heteroatoms. The minimum Gasteiger partial charge on any atom is -0.469 e. The predicted octanol–water partition coefficient (Wildman–Crippen LogP) is 1.91. The zero-order valence-electron chi connectivity index (χ0n) is 16.3. The highest BCUT2D eigenvalue weighted by Crippen LogP contribution is 2.18. The highest BCUT2D eigenvalue weighted by molar-refractivity contribution is 5.78. The number of hydrogen-bond donors (Lipinski definition) is 1. The Morgan fingerprint density at radius 3 is 2.59 bits per heavy atom. The average molecular weight is 394 g/mol. The van der Waals surface area contributed by atoms with Gasteiger partial charge in [-0.1, -0.05) is 47.2 Å². The Morgan fingerprint density at radius 2 is 1.86 bits per heavy atom. The summed E-state index contributed by atoms with van der Waals surface area (Å²) >= 11 is 0. The maximum Gasteiger partial charge on any atom is 0.307 e. The van der Waals surface area contributed by atoms with E-state index in [9.17, 15) is 14.4 Å². The van der Waals surface area contributed by atoms with Crippen LogP contribution in [0.4, 0.5) is 0 Å². The monoisotopic (exact) mass is 394 g/mol. The van der Waals surface area contributed by atoms with Crippen molar-refractivity contribution in [3.8, 4) is 0 Å². The van der Waals surface area contributed by atoms with Gasteiger partial charge in [0.05, 0.1) is 31.5 Å². The van der Waals surface area contributed by atoms with Crippen molar-refractivity contribution in [1.29, 1.82) is 0 Å². The van der Waals surface area contributed by atoms with Crippen LogP contribution in [-0.2, 0) is 20.9 Å². The van der Waals surface area contributed by atoms with Crippen molar-refractivity contribution in [3.63, 3.8) is 0 Å². The summed E-state index contributed by atoms with van der Waals surface area (Å²) in [5.74, 6) is -0.728. The zero-order valence-corrected chi connectivity index (χ0v) is 16.3. The molecule has 2 aromatic carbocycles. The summed E-state index contributed by atoms with van der Waals surface area (Å²) in [6, 6.07) is 13.9. The molecule has 0 fully saturated rings. The van der Waals surface area contributed by atoms with E-state index in [0.717, 1.165) is 11.1 Å². The van der Waals surface area contributed by atoms with Crippen LogP contribution in [0.3, 0.4) is 0 Å². The molecule has 1 N–H and O–H groups in total. The lowest BCUT2D eigenvalue weighted by Crippen LogP contribution is -2.33. The molecule has 1 atom stereocenters. The summed E-state index contributed by atoms with van der Waals surface area (Å²) in [5, 5.41) is 11.2. The van der Waals surface area contributed by atoms with Gasteiger partial charge in [0, 0.05) is 6.42 Å². The van der Waals surface area contributed by atoms with Crippen molar-refractivity contribution < 1.29 is 14.3 Å². The second-order valence-corrected chi connectivity index (χ2v) is 6.70. The van der Waals surface area contributed by atoms with E-state index < -0.39 is 12.0 Å². The van der Waals surface area contributed by atoms with E-state index in [1.54, 1.807) is 24.3 Å². The van der Waals surface area contributed by atoms with Gasteiger partial charge >= 0.3 is 5.97 Å². The van der Waals surface area contributed by atoms with Crippen LogP contribution in [-0.4, -0.2) is 34.0 Å². The van der Waals surface area contributed by atoms with Crippen LogP contribution in [0.15, 0.2) is 53.3 Å². The fourth-order valence-electron chi connectivity index (χ4n) is 2.94. The number of methoxy groups -OCH3 is 1. The van der Waals surface area contributed by atoms with Crippen LogP contribution in [0.2, 0.25) is 0 Å².